The second-order valence-corrected chi connectivity index (χ2v) is 19.9. The van der Waals surface area contributed by atoms with Crippen molar-refractivity contribution in [1.82, 2.24) is 4.57 Å². The molecule has 2 nitrogen and oxygen atoms in total. The van der Waals surface area contributed by atoms with E-state index in [4.69, 9.17) is 0 Å². The Bertz CT molecular complexity index is 4280. The van der Waals surface area contributed by atoms with Gasteiger partial charge in [0.25, 0.3) is 0 Å². The fourth-order valence-corrected chi connectivity index (χ4v) is 12.9. The number of hydrogen-bond acceptors (Lipinski definition) is 1. The molecule has 0 amide bonds. The highest BCUT2D eigenvalue weighted by Gasteiger charge is 2.51. The van der Waals surface area contributed by atoms with Crippen molar-refractivity contribution in [3.8, 4) is 72.4 Å². The van der Waals surface area contributed by atoms with E-state index >= 15 is 0 Å². The van der Waals surface area contributed by atoms with Gasteiger partial charge >= 0.3 is 0 Å². The Balaban J connectivity index is 0.978. The average Bonchev–Trinajstić information content (AvgIpc) is 4.11. The van der Waals surface area contributed by atoms with E-state index in [0.29, 0.717) is 0 Å². The van der Waals surface area contributed by atoms with E-state index in [2.05, 4.69) is 301 Å². The van der Waals surface area contributed by atoms with Crippen LogP contribution in [0.5, 0.6) is 0 Å². The lowest BCUT2D eigenvalue weighted by molar-refractivity contribution is 0.793. The maximum absolute atomic E-state index is 2.52. The highest BCUT2D eigenvalue weighted by molar-refractivity contribution is 6.10. The molecule has 0 N–H and O–H groups in total. The summed E-state index contributed by atoms with van der Waals surface area (Å²) < 4.78 is 2.40. The van der Waals surface area contributed by atoms with Gasteiger partial charge in [0.1, 0.15) is 0 Å². The third kappa shape index (κ3) is 6.53. The van der Waals surface area contributed by atoms with Crippen molar-refractivity contribution in [3.05, 3.63) is 313 Å². The number of anilines is 3. The molecule has 75 heavy (non-hydrogen) atoms. The van der Waals surface area contributed by atoms with Gasteiger partial charge in [-0.2, -0.15) is 0 Å². The molecule has 12 aromatic carbocycles. The molecule has 1 heterocycles. The Morgan fingerprint density at radius 3 is 1.40 bits per heavy atom. The van der Waals surface area contributed by atoms with Gasteiger partial charge < -0.3 is 9.47 Å². The largest absolute Gasteiger partial charge is 0.310 e. The number of nitrogens with zero attached hydrogens (tertiary/aromatic N) is 2. The Hall–Kier alpha value is -9.76. The monoisotopic (exact) mass is 952 g/mol. The summed E-state index contributed by atoms with van der Waals surface area (Å²) in [6.07, 6.45) is 0. The van der Waals surface area contributed by atoms with Crippen LogP contribution in [-0.4, -0.2) is 4.57 Å². The third-order valence-electron chi connectivity index (χ3n) is 16.0. The zero-order chi connectivity index (χ0) is 49.5. The minimum atomic E-state index is -0.500. The fraction of sp³-hybridized carbons (Fsp3) is 0.0137. The molecule has 15 rings (SSSR count). The second-order valence-electron chi connectivity index (χ2n) is 19.9. The van der Waals surface area contributed by atoms with Crippen molar-refractivity contribution in [1.29, 1.82) is 0 Å². The van der Waals surface area contributed by atoms with Crippen LogP contribution in [0.25, 0.3) is 94.3 Å². The van der Waals surface area contributed by atoms with Gasteiger partial charge in [-0.3, -0.25) is 0 Å². The van der Waals surface area contributed by atoms with Crippen molar-refractivity contribution in [3.63, 3.8) is 0 Å². The molecule has 2 aliphatic carbocycles. The fourth-order valence-electron chi connectivity index (χ4n) is 12.9. The minimum Gasteiger partial charge on any atom is -0.310 e. The number of fused-ring (bicyclic) bond motifs is 13. The summed E-state index contributed by atoms with van der Waals surface area (Å²) in [6.45, 7) is 0. The highest BCUT2D eigenvalue weighted by Crippen LogP contribution is 2.63. The van der Waals surface area contributed by atoms with Crippen molar-refractivity contribution in [2.75, 3.05) is 4.90 Å². The quantitative estimate of drug-likeness (QED) is 0.147. The van der Waals surface area contributed by atoms with E-state index in [-0.39, 0.29) is 0 Å². The van der Waals surface area contributed by atoms with Gasteiger partial charge in [-0.05, 0) is 138 Å². The SMILES string of the molecule is c1ccc(-c2ccccc2-c2c(-c3ccccc3)cccc2N(c2ccc(-c3ccc4c5ccccc5n(-c5ccccc5)c4c3)cc2)c2ccc3c(c2)C2(c4ccccc4-c4ccccc42)c2ccccc2-3)cc1. The molecule has 1 aromatic heterocycles. The molecule has 1 spiro atoms. The van der Waals surface area contributed by atoms with Gasteiger partial charge in [0.05, 0.1) is 22.1 Å². The van der Waals surface area contributed by atoms with Crippen LogP contribution >= 0.6 is 0 Å². The first kappa shape index (κ1) is 42.9. The normalized spacial score (nSPS) is 12.6. The Morgan fingerprint density at radius 1 is 0.267 bits per heavy atom. The summed E-state index contributed by atoms with van der Waals surface area (Å²) in [7, 11) is 0. The molecule has 2 aliphatic rings. The highest BCUT2D eigenvalue weighted by atomic mass is 15.1. The van der Waals surface area contributed by atoms with Crippen LogP contribution in [0.2, 0.25) is 0 Å². The molecular formula is C73H48N2. The van der Waals surface area contributed by atoms with Gasteiger partial charge in [0.15, 0.2) is 0 Å². The molecule has 2 heteroatoms. The van der Waals surface area contributed by atoms with Crippen molar-refractivity contribution < 1.29 is 0 Å². The van der Waals surface area contributed by atoms with E-state index in [1.165, 1.54) is 105 Å². The number of benzene rings is 12. The van der Waals surface area contributed by atoms with Gasteiger partial charge in [0.2, 0.25) is 0 Å². The molecule has 0 unspecified atom stereocenters. The molecule has 0 fully saturated rings. The summed E-state index contributed by atoms with van der Waals surface area (Å²) in [5.74, 6) is 0. The van der Waals surface area contributed by atoms with Gasteiger partial charge in [0, 0.05) is 33.4 Å². The predicted octanol–water partition coefficient (Wildman–Crippen LogP) is 19.3. The van der Waals surface area contributed by atoms with Gasteiger partial charge in [-0.15, -0.1) is 0 Å². The number of rotatable bonds is 8. The van der Waals surface area contributed by atoms with Crippen LogP contribution in [0.3, 0.4) is 0 Å². The van der Waals surface area contributed by atoms with Gasteiger partial charge in [-0.25, -0.2) is 0 Å². The van der Waals surface area contributed by atoms with Crippen LogP contribution < -0.4 is 4.90 Å². The smallest absolute Gasteiger partial charge is 0.0726 e. The summed E-state index contributed by atoms with van der Waals surface area (Å²) in [6, 6.07) is 108. The molecule has 0 bridgehead atoms. The van der Waals surface area contributed by atoms with Crippen molar-refractivity contribution >= 4 is 38.9 Å². The Labute approximate surface area is 437 Å². The zero-order valence-electron chi connectivity index (χ0n) is 41.1. The van der Waals surface area contributed by atoms with Crippen molar-refractivity contribution in [2.24, 2.45) is 0 Å². The van der Waals surface area contributed by atoms with Crippen LogP contribution in [0.1, 0.15) is 22.3 Å². The van der Waals surface area contributed by atoms with Gasteiger partial charge in [-0.1, -0.05) is 237 Å². The number of hydrogen-bond donors (Lipinski definition) is 0. The number of para-hydroxylation sites is 2. The predicted molar refractivity (Wildman–Crippen MR) is 314 cm³/mol. The first-order chi connectivity index (χ1) is 37.2. The molecule has 13 aromatic rings. The van der Waals surface area contributed by atoms with Crippen LogP contribution in [0.4, 0.5) is 17.1 Å². The maximum atomic E-state index is 2.52. The first-order valence-electron chi connectivity index (χ1n) is 26.0. The van der Waals surface area contributed by atoms with E-state index < -0.39 is 5.41 Å². The average molecular weight is 953 g/mol. The van der Waals surface area contributed by atoms with Crippen molar-refractivity contribution in [2.45, 2.75) is 5.41 Å². The summed E-state index contributed by atoms with van der Waals surface area (Å²) >= 11 is 0. The molecule has 0 saturated heterocycles. The second kappa shape index (κ2) is 17.2. The summed E-state index contributed by atoms with van der Waals surface area (Å²) in [5.41, 5.74) is 26.1. The third-order valence-corrected chi connectivity index (χ3v) is 16.0. The molecule has 0 radical (unpaired) electrons. The lowest BCUT2D eigenvalue weighted by Crippen LogP contribution is -2.26. The minimum absolute atomic E-state index is 0.500. The topological polar surface area (TPSA) is 8.17 Å². The molecular weight excluding hydrogens is 905 g/mol. The zero-order valence-corrected chi connectivity index (χ0v) is 41.1. The molecule has 0 atom stereocenters. The maximum Gasteiger partial charge on any atom is 0.0726 e. The lowest BCUT2D eigenvalue weighted by atomic mass is 9.70. The van der Waals surface area contributed by atoms with Crippen LogP contribution in [0, 0.1) is 0 Å². The standard InChI is InChI=1S/C73H48N2/c1-4-21-50(22-5-1)56-27-10-11-32-64(56)72-57(51-23-6-2-7-24-51)33-20-38-70(72)74(54-42-39-49(40-43-54)52-41-45-63-62-31-15-19-37-69(62)75(71(63)47-52)53-25-8-3-9-26-53)55-44-46-61-60-30-14-18-36-67(60)73(68(61)48-55)65-34-16-12-28-58(65)59-29-13-17-35-66(59)73/h1-48H. The van der Waals surface area contributed by atoms with E-state index in [9.17, 15) is 0 Å². The Morgan fingerprint density at radius 2 is 0.747 bits per heavy atom. The van der Waals surface area contributed by atoms with Crippen LogP contribution in [0.15, 0.2) is 291 Å². The summed E-state index contributed by atoms with van der Waals surface area (Å²) in [5, 5.41) is 2.49. The Kier molecular flexibility index (Phi) is 9.83. The number of aromatic nitrogens is 1. The van der Waals surface area contributed by atoms with E-state index in [1.807, 2.05) is 0 Å². The summed E-state index contributed by atoms with van der Waals surface area (Å²) in [4.78, 5) is 2.52. The first-order valence-corrected chi connectivity index (χ1v) is 26.0. The molecule has 0 saturated carbocycles. The molecule has 0 aliphatic heterocycles. The molecule has 350 valence electrons. The van der Waals surface area contributed by atoms with E-state index in [1.54, 1.807) is 0 Å². The lowest BCUT2D eigenvalue weighted by Gasteiger charge is -2.33. The van der Waals surface area contributed by atoms with Crippen LogP contribution in [-0.2, 0) is 5.41 Å². The van der Waals surface area contributed by atoms with E-state index in [0.717, 1.165) is 28.3 Å².